The second-order valence-corrected chi connectivity index (χ2v) is 4.06. The van der Waals surface area contributed by atoms with Gasteiger partial charge in [0, 0.05) is 5.56 Å². The maximum atomic E-state index is 12.8. The molecule has 2 N–H and O–H groups in total. The molecule has 0 heterocycles. The molecule has 0 fully saturated rings. The smallest absolute Gasteiger partial charge is 0.225 e. The van der Waals surface area contributed by atoms with E-state index in [0.717, 1.165) is 19.1 Å². The fourth-order valence-corrected chi connectivity index (χ4v) is 1.72. The molecule has 3 nitrogen and oxygen atoms in total. The first-order valence-electron chi connectivity index (χ1n) is 3.31. The van der Waals surface area contributed by atoms with Crippen LogP contribution in [0.3, 0.4) is 0 Å². The maximum absolute atomic E-state index is 12.8. The van der Waals surface area contributed by atoms with Gasteiger partial charge in [0.25, 0.3) is 0 Å². The molecule has 1 aromatic carbocycles. The summed E-state index contributed by atoms with van der Waals surface area (Å²) in [5.74, 6) is -2.28. The molecule has 1 rings (SSSR count). The quantitative estimate of drug-likeness (QED) is 0.744. The van der Waals surface area contributed by atoms with Crippen LogP contribution < -0.4 is 5.14 Å². The van der Waals surface area contributed by atoms with Gasteiger partial charge in [-0.2, -0.15) is 0 Å². The largest absolute Gasteiger partial charge is 0.238 e. The van der Waals surface area contributed by atoms with Gasteiger partial charge in [0.2, 0.25) is 10.0 Å². The first-order chi connectivity index (χ1) is 5.84. The third-order valence-electron chi connectivity index (χ3n) is 1.60. The van der Waals surface area contributed by atoms with Gasteiger partial charge in [-0.3, -0.25) is 0 Å². The van der Waals surface area contributed by atoms with E-state index >= 15 is 0 Å². The molecule has 72 valence electrons. The predicted molar refractivity (Wildman–Crippen MR) is 42.5 cm³/mol. The Labute approximate surface area is 74.2 Å². The Morgan fingerprint density at radius 2 is 1.85 bits per heavy atom. The summed E-state index contributed by atoms with van der Waals surface area (Å²) in [6.07, 6.45) is 0. The van der Waals surface area contributed by atoms with Gasteiger partial charge >= 0.3 is 0 Å². The van der Waals surface area contributed by atoms with Crippen LogP contribution in [0, 0.1) is 18.6 Å². The van der Waals surface area contributed by atoms with Gasteiger partial charge in [0.15, 0.2) is 11.6 Å². The average molecular weight is 207 g/mol. The lowest BCUT2D eigenvalue weighted by Crippen LogP contribution is -2.14. The molecule has 13 heavy (non-hydrogen) atoms. The second kappa shape index (κ2) is 3.04. The van der Waals surface area contributed by atoms with Crippen molar-refractivity contribution in [1.82, 2.24) is 0 Å². The highest BCUT2D eigenvalue weighted by Gasteiger charge is 2.16. The zero-order valence-electron chi connectivity index (χ0n) is 6.71. The lowest BCUT2D eigenvalue weighted by molar-refractivity contribution is 0.498. The average Bonchev–Trinajstić information content (AvgIpc) is 1.98. The third-order valence-corrected chi connectivity index (χ3v) is 2.65. The van der Waals surface area contributed by atoms with Crippen molar-refractivity contribution in [2.24, 2.45) is 5.14 Å². The molecule has 0 saturated carbocycles. The van der Waals surface area contributed by atoms with E-state index in [-0.39, 0.29) is 5.56 Å². The first-order valence-corrected chi connectivity index (χ1v) is 4.86. The van der Waals surface area contributed by atoms with E-state index in [1.807, 2.05) is 0 Å². The molecular weight excluding hydrogens is 200 g/mol. The molecule has 0 aliphatic heterocycles. The predicted octanol–water partition coefficient (Wildman–Crippen LogP) is 0.921. The minimum Gasteiger partial charge on any atom is -0.225 e. The number of hydrogen-bond acceptors (Lipinski definition) is 2. The van der Waals surface area contributed by atoms with Crippen molar-refractivity contribution in [3.8, 4) is 0 Å². The molecule has 0 atom stereocenters. The number of rotatable bonds is 1. The van der Waals surface area contributed by atoms with Gasteiger partial charge in [-0.1, -0.05) is 0 Å². The zero-order valence-corrected chi connectivity index (χ0v) is 7.53. The van der Waals surface area contributed by atoms with Gasteiger partial charge in [-0.15, -0.1) is 0 Å². The van der Waals surface area contributed by atoms with Crippen LogP contribution >= 0.6 is 0 Å². The Morgan fingerprint density at radius 3 is 2.31 bits per heavy atom. The highest BCUT2D eigenvalue weighted by molar-refractivity contribution is 7.89. The number of primary sulfonamides is 1. The zero-order chi connectivity index (χ0) is 10.2. The SMILES string of the molecule is Cc1c(S(N)(=O)=O)ccc(F)c1F. The van der Waals surface area contributed by atoms with E-state index in [0.29, 0.717) is 0 Å². The van der Waals surface area contributed by atoms with Crippen molar-refractivity contribution in [3.05, 3.63) is 29.3 Å². The molecule has 0 radical (unpaired) electrons. The minimum atomic E-state index is -3.98. The summed E-state index contributed by atoms with van der Waals surface area (Å²) in [5, 5.41) is 4.76. The molecule has 1 aromatic rings. The van der Waals surface area contributed by atoms with E-state index in [2.05, 4.69) is 0 Å². The summed E-state index contributed by atoms with van der Waals surface area (Å²) in [6.45, 7) is 1.15. The van der Waals surface area contributed by atoms with Crippen molar-refractivity contribution in [1.29, 1.82) is 0 Å². The third kappa shape index (κ3) is 1.84. The molecule has 0 bridgehead atoms. The van der Waals surface area contributed by atoms with Crippen LogP contribution in [-0.4, -0.2) is 8.42 Å². The highest BCUT2D eigenvalue weighted by atomic mass is 32.2. The highest BCUT2D eigenvalue weighted by Crippen LogP contribution is 2.18. The van der Waals surface area contributed by atoms with Gasteiger partial charge in [-0.25, -0.2) is 22.3 Å². The standard InChI is InChI=1S/C7H7F2NO2S/c1-4-6(13(10,11)12)3-2-5(8)7(4)9/h2-3H,1H3,(H2,10,11,12). The van der Waals surface area contributed by atoms with Crippen LogP contribution in [0.25, 0.3) is 0 Å². The number of sulfonamides is 1. The Hall–Kier alpha value is -1.01. The topological polar surface area (TPSA) is 60.2 Å². The summed E-state index contributed by atoms with van der Waals surface area (Å²) in [5.41, 5.74) is -0.303. The Morgan fingerprint density at radius 1 is 1.31 bits per heavy atom. The van der Waals surface area contributed by atoms with Gasteiger partial charge in [0.1, 0.15) is 0 Å². The van der Waals surface area contributed by atoms with Crippen LogP contribution in [0.15, 0.2) is 17.0 Å². The van der Waals surface area contributed by atoms with Gasteiger partial charge in [-0.05, 0) is 19.1 Å². The number of benzene rings is 1. The molecule has 0 aliphatic carbocycles. The molecule has 0 aromatic heterocycles. The second-order valence-electron chi connectivity index (χ2n) is 2.53. The number of hydrogen-bond donors (Lipinski definition) is 1. The summed E-state index contributed by atoms with van der Waals surface area (Å²) in [7, 11) is -3.98. The monoisotopic (exact) mass is 207 g/mol. The van der Waals surface area contributed by atoms with Crippen molar-refractivity contribution in [2.75, 3.05) is 0 Å². The summed E-state index contributed by atoms with van der Waals surface area (Å²) >= 11 is 0. The van der Waals surface area contributed by atoms with Gasteiger partial charge < -0.3 is 0 Å². The van der Waals surface area contributed by atoms with Crippen molar-refractivity contribution < 1.29 is 17.2 Å². The molecule has 0 saturated heterocycles. The number of nitrogens with two attached hydrogens (primary N) is 1. The lowest BCUT2D eigenvalue weighted by Gasteiger charge is -2.03. The molecule has 0 spiro atoms. The molecular formula is C7H7F2NO2S. The van der Waals surface area contributed by atoms with Crippen LogP contribution in [-0.2, 0) is 10.0 Å². The summed E-state index contributed by atoms with van der Waals surface area (Å²) < 4.78 is 47.0. The molecule has 0 unspecified atom stereocenters. The van der Waals surface area contributed by atoms with E-state index in [1.165, 1.54) is 0 Å². The Bertz CT molecular complexity index is 442. The molecule has 6 heteroatoms. The maximum Gasteiger partial charge on any atom is 0.238 e. The molecule has 0 aliphatic rings. The summed E-state index contributed by atoms with van der Waals surface area (Å²) in [4.78, 5) is -0.397. The van der Waals surface area contributed by atoms with Crippen molar-refractivity contribution in [3.63, 3.8) is 0 Å². The lowest BCUT2D eigenvalue weighted by atomic mass is 10.2. The van der Waals surface area contributed by atoms with E-state index in [9.17, 15) is 17.2 Å². The Kier molecular flexibility index (Phi) is 2.36. The van der Waals surface area contributed by atoms with Crippen LogP contribution in [0.2, 0.25) is 0 Å². The fourth-order valence-electron chi connectivity index (χ4n) is 0.943. The van der Waals surface area contributed by atoms with E-state index in [4.69, 9.17) is 5.14 Å². The normalized spacial score (nSPS) is 11.7. The van der Waals surface area contributed by atoms with Crippen LogP contribution in [0.4, 0.5) is 8.78 Å². The van der Waals surface area contributed by atoms with E-state index in [1.54, 1.807) is 0 Å². The first kappa shape index (κ1) is 10.1. The minimum absolute atomic E-state index is 0.303. The Balaban J connectivity index is 3.53. The van der Waals surface area contributed by atoms with E-state index < -0.39 is 26.6 Å². The molecule has 0 amide bonds. The van der Waals surface area contributed by atoms with Gasteiger partial charge in [0.05, 0.1) is 4.90 Å². The van der Waals surface area contributed by atoms with Crippen molar-refractivity contribution in [2.45, 2.75) is 11.8 Å². The summed E-state index contributed by atoms with van der Waals surface area (Å²) in [6, 6.07) is 1.66. The van der Waals surface area contributed by atoms with Crippen LogP contribution in [0.1, 0.15) is 5.56 Å². The number of halogens is 2. The fraction of sp³-hybridized carbons (Fsp3) is 0.143. The van der Waals surface area contributed by atoms with Crippen molar-refractivity contribution >= 4 is 10.0 Å². The van der Waals surface area contributed by atoms with Crippen LogP contribution in [0.5, 0.6) is 0 Å².